The summed E-state index contributed by atoms with van der Waals surface area (Å²) in [6, 6.07) is 23.4. The van der Waals surface area contributed by atoms with Crippen LogP contribution in [0.4, 0.5) is 0 Å². The van der Waals surface area contributed by atoms with Gasteiger partial charge < -0.3 is 9.41 Å². The fourth-order valence-electron chi connectivity index (χ4n) is 3.35. The van der Waals surface area contributed by atoms with E-state index in [1.165, 1.54) is 49.7 Å². The number of rotatable bonds is 1. The summed E-state index contributed by atoms with van der Waals surface area (Å²) in [5.41, 5.74) is 9.93. The first kappa shape index (κ1) is 26.1. The number of fused-ring (bicyclic) bond motifs is 1. The standard InChI is InChI=1S/C15H11.C10H15.2FH.Zr/c1-2-6-12(7-3-1)15-10-13-8-4-5-9-14(13)11-15;1-6-7(2)9(4)10(5)8(6)3;;;/h1-11H;1-5H3;2*1H;/q2*-1;;;+4/p-2. The quantitative estimate of drug-likeness (QED) is 0.378. The molecule has 0 radical (unpaired) electrons. The molecule has 0 atom stereocenters. The molecular formula is C25H26F2Zr. The normalized spacial score (nSPS) is 9.46. The van der Waals surface area contributed by atoms with E-state index in [1.807, 2.05) is 6.07 Å². The van der Waals surface area contributed by atoms with Gasteiger partial charge in [0.05, 0.1) is 0 Å². The maximum atomic E-state index is 2.24. The first-order chi connectivity index (χ1) is 12.0. The second-order valence-electron chi connectivity index (χ2n) is 6.86. The van der Waals surface area contributed by atoms with Crippen molar-refractivity contribution in [2.24, 2.45) is 0 Å². The Morgan fingerprint density at radius 2 is 1.21 bits per heavy atom. The van der Waals surface area contributed by atoms with Gasteiger partial charge in [0.25, 0.3) is 0 Å². The average Bonchev–Trinajstić information content (AvgIpc) is 3.16. The minimum Gasteiger partial charge on any atom is -1.00 e. The zero-order chi connectivity index (χ0) is 18.0. The van der Waals surface area contributed by atoms with Gasteiger partial charge in [-0.3, -0.25) is 0 Å². The average molecular weight is 456 g/mol. The summed E-state index contributed by atoms with van der Waals surface area (Å²) in [7, 11) is 0. The van der Waals surface area contributed by atoms with Crippen LogP contribution in [0.3, 0.4) is 0 Å². The van der Waals surface area contributed by atoms with E-state index < -0.39 is 0 Å². The van der Waals surface area contributed by atoms with E-state index in [4.69, 9.17) is 0 Å². The summed E-state index contributed by atoms with van der Waals surface area (Å²) in [5, 5.41) is 2.63. The molecule has 0 saturated carbocycles. The molecule has 0 spiro atoms. The van der Waals surface area contributed by atoms with Gasteiger partial charge in [0, 0.05) is 0 Å². The summed E-state index contributed by atoms with van der Waals surface area (Å²) in [4.78, 5) is 0. The topological polar surface area (TPSA) is 0 Å². The van der Waals surface area contributed by atoms with Gasteiger partial charge in [0.1, 0.15) is 0 Å². The molecule has 28 heavy (non-hydrogen) atoms. The van der Waals surface area contributed by atoms with Crippen molar-refractivity contribution in [3.63, 3.8) is 0 Å². The van der Waals surface area contributed by atoms with Crippen LogP contribution in [-0.2, 0) is 26.2 Å². The van der Waals surface area contributed by atoms with Crippen LogP contribution in [0.5, 0.6) is 0 Å². The van der Waals surface area contributed by atoms with Gasteiger partial charge in [-0.25, -0.2) is 0 Å². The van der Waals surface area contributed by atoms with Crippen LogP contribution in [-0.4, -0.2) is 0 Å². The third-order valence-electron chi connectivity index (χ3n) is 5.54. The van der Waals surface area contributed by atoms with E-state index in [9.17, 15) is 0 Å². The molecule has 0 saturated heterocycles. The molecule has 0 fully saturated rings. The van der Waals surface area contributed by atoms with Crippen LogP contribution >= 0.6 is 0 Å². The Hall–Kier alpha value is -1.86. The molecule has 0 heterocycles. The van der Waals surface area contributed by atoms with Crippen molar-refractivity contribution in [3.8, 4) is 11.1 Å². The molecule has 0 nitrogen and oxygen atoms in total. The molecule has 4 aromatic rings. The van der Waals surface area contributed by atoms with Crippen LogP contribution in [0.2, 0.25) is 0 Å². The Labute approximate surface area is 186 Å². The van der Waals surface area contributed by atoms with E-state index in [1.54, 1.807) is 0 Å². The Balaban J connectivity index is 0.000000503. The van der Waals surface area contributed by atoms with Gasteiger partial charge in [-0.1, -0.05) is 88.7 Å². The SMILES string of the molecule is Cc1c(C)c(C)[c-](C)c1C.[F-].[F-].[Zr+4].c1ccc(-c2cc3ccccc3[cH-]2)cc1. The van der Waals surface area contributed by atoms with Crippen molar-refractivity contribution in [1.82, 2.24) is 0 Å². The number of hydrogen-bond donors (Lipinski definition) is 0. The molecule has 0 aromatic heterocycles. The molecular weight excluding hydrogens is 429 g/mol. The second kappa shape index (κ2) is 11.2. The number of halogens is 2. The molecule has 3 heteroatoms. The van der Waals surface area contributed by atoms with Crippen molar-refractivity contribution in [1.29, 1.82) is 0 Å². The van der Waals surface area contributed by atoms with Gasteiger partial charge in [-0.2, -0.15) is 27.8 Å². The molecule has 0 N–H and O–H groups in total. The maximum Gasteiger partial charge on any atom is 4.00 e. The second-order valence-corrected chi connectivity index (χ2v) is 6.86. The fraction of sp³-hybridized carbons (Fsp3) is 0.200. The van der Waals surface area contributed by atoms with Crippen LogP contribution in [0.25, 0.3) is 21.9 Å². The first-order valence-corrected chi connectivity index (χ1v) is 8.89. The van der Waals surface area contributed by atoms with Gasteiger partial charge in [0.2, 0.25) is 0 Å². The number of hydrogen-bond acceptors (Lipinski definition) is 0. The smallest absolute Gasteiger partial charge is 1.00 e. The minimum atomic E-state index is 0. The summed E-state index contributed by atoms with van der Waals surface area (Å²) >= 11 is 0. The zero-order valence-corrected chi connectivity index (χ0v) is 19.6. The van der Waals surface area contributed by atoms with E-state index in [-0.39, 0.29) is 35.6 Å². The third-order valence-corrected chi connectivity index (χ3v) is 5.54. The molecule has 0 aliphatic heterocycles. The van der Waals surface area contributed by atoms with Crippen LogP contribution < -0.4 is 9.41 Å². The molecule has 0 bridgehead atoms. The molecule has 144 valence electrons. The van der Waals surface area contributed by atoms with E-state index in [0.29, 0.717) is 0 Å². The third kappa shape index (κ3) is 5.35. The summed E-state index contributed by atoms with van der Waals surface area (Å²) in [6.45, 7) is 11.0. The summed E-state index contributed by atoms with van der Waals surface area (Å²) in [5.74, 6) is 0. The Morgan fingerprint density at radius 1 is 0.714 bits per heavy atom. The van der Waals surface area contributed by atoms with Crippen molar-refractivity contribution in [2.75, 3.05) is 0 Å². The predicted octanol–water partition coefficient (Wildman–Crippen LogP) is 1.18. The van der Waals surface area contributed by atoms with E-state index in [0.717, 1.165) is 0 Å². The van der Waals surface area contributed by atoms with Crippen molar-refractivity contribution in [2.45, 2.75) is 34.6 Å². The van der Waals surface area contributed by atoms with Crippen LogP contribution in [0, 0.1) is 34.6 Å². The zero-order valence-electron chi connectivity index (χ0n) is 17.1. The molecule has 4 rings (SSSR count). The molecule has 0 aliphatic rings. The van der Waals surface area contributed by atoms with Gasteiger partial charge in [0.15, 0.2) is 0 Å². The monoisotopic (exact) mass is 454 g/mol. The van der Waals surface area contributed by atoms with Gasteiger partial charge in [-0.15, -0.1) is 34.5 Å². The fourth-order valence-corrected chi connectivity index (χ4v) is 3.35. The van der Waals surface area contributed by atoms with E-state index in [2.05, 4.69) is 95.3 Å². The molecule has 0 amide bonds. The van der Waals surface area contributed by atoms with Crippen LogP contribution in [0.15, 0.2) is 66.7 Å². The van der Waals surface area contributed by atoms with Crippen molar-refractivity contribution < 1.29 is 35.6 Å². The largest absolute Gasteiger partial charge is 4.00 e. The molecule has 0 unspecified atom stereocenters. The van der Waals surface area contributed by atoms with Crippen LogP contribution in [0.1, 0.15) is 27.8 Å². The predicted molar refractivity (Wildman–Crippen MR) is 111 cm³/mol. The van der Waals surface area contributed by atoms with E-state index >= 15 is 0 Å². The Bertz CT molecular complexity index is 881. The summed E-state index contributed by atoms with van der Waals surface area (Å²) in [6.07, 6.45) is 0. The minimum absolute atomic E-state index is 0. The first-order valence-electron chi connectivity index (χ1n) is 8.89. The van der Waals surface area contributed by atoms with Gasteiger partial charge >= 0.3 is 26.2 Å². The molecule has 0 aliphatic carbocycles. The number of benzene rings is 2. The van der Waals surface area contributed by atoms with Gasteiger partial charge in [-0.05, 0) is 0 Å². The summed E-state index contributed by atoms with van der Waals surface area (Å²) < 4.78 is 0. The Morgan fingerprint density at radius 3 is 1.68 bits per heavy atom. The van der Waals surface area contributed by atoms with Crippen molar-refractivity contribution in [3.05, 3.63) is 94.5 Å². The Kier molecular flexibility index (Phi) is 10.5. The molecule has 4 aromatic carbocycles. The van der Waals surface area contributed by atoms with Crippen molar-refractivity contribution >= 4 is 10.8 Å². The maximum absolute atomic E-state index is 2.24.